The van der Waals surface area contributed by atoms with Gasteiger partial charge in [0.2, 0.25) is 0 Å². The summed E-state index contributed by atoms with van der Waals surface area (Å²) in [5.41, 5.74) is 0.858. The van der Waals surface area contributed by atoms with Crippen LogP contribution in [0.15, 0.2) is 30.3 Å². The molecule has 86 valence electrons. The molecule has 0 spiro atoms. The fourth-order valence-electron chi connectivity index (χ4n) is 2.09. The van der Waals surface area contributed by atoms with Crippen molar-refractivity contribution in [2.45, 2.75) is 6.04 Å². The summed E-state index contributed by atoms with van der Waals surface area (Å²) in [6.07, 6.45) is 0. The van der Waals surface area contributed by atoms with Crippen LogP contribution in [0.5, 0.6) is 0 Å². The smallest absolute Gasteiger partial charge is 0.325 e. The topological polar surface area (TPSA) is 52.6 Å². The lowest BCUT2D eigenvalue weighted by Gasteiger charge is -2.32. The molecule has 2 rings (SSSR count). The second-order valence-electron chi connectivity index (χ2n) is 3.94. The van der Waals surface area contributed by atoms with Gasteiger partial charge in [0.25, 0.3) is 0 Å². The summed E-state index contributed by atoms with van der Waals surface area (Å²) >= 11 is 0. The second kappa shape index (κ2) is 5.09. The van der Waals surface area contributed by atoms with Gasteiger partial charge in [0.05, 0.1) is 0 Å². The molecule has 0 saturated carbocycles. The van der Waals surface area contributed by atoms with Crippen molar-refractivity contribution in [3.8, 4) is 0 Å². The largest absolute Gasteiger partial charge is 0.480 e. The van der Waals surface area contributed by atoms with E-state index in [9.17, 15) is 9.90 Å². The molecule has 4 heteroatoms. The molecule has 1 fully saturated rings. The van der Waals surface area contributed by atoms with Crippen molar-refractivity contribution in [2.24, 2.45) is 0 Å². The zero-order chi connectivity index (χ0) is 11.4. The number of nitrogens with zero attached hydrogens (tertiary/aromatic N) is 1. The van der Waals surface area contributed by atoms with E-state index in [4.69, 9.17) is 0 Å². The zero-order valence-corrected chi connectivity index (χ0v) is 9.10. The van der Waals surface area contributed by atoms with E-state index < -0.39 is 12.0 Å². The molecule has 0 radical (unpaired) electrons. The van der Waals surface area contributed by atoms with Crippen molar-refractivity contribution in [2.75, 3.05) is 26.2 Å². The van der Waals surface area contributed by atoms with Crippen LogP contribution in [0.4, 0.5) is 0 Å². The van der Waals surface area contributed by atoms with Crippen molar-refractivity contribution in [1.29, 1.82) is 0 Å². The fraction of sp³-hybridized carbons (Fsp3) is 0.417. The van der Waals surface area contributed by atoms with E-state index >= 15 is 0 Å². The van der Waals surface area contributed by atoms with Gasteiger partial charge >= 0.3 is 5.97 Å². The molecule has 1 aromatic rings. The molecule has 0 amide bonds. The van der Waals surface area contributed by atoms with E-state index in [1.807, 2.05) is 35.2 Å². The predicted octanol–water partition coefficient (Wildman–Crippen LogP) is 0.718. The Hall–Kier alpha value is -1.39. The molecule has 0 aliphatic carbocycles. The lowest BCUT2D eigenvalue weighted by Crippen LogP contribution is -2.47. The van der Waals surface area contributed by atoms with Gasteiger partial charge in [0.15, 0.2) is 0 Å². The third kappa shape index (κ3) is 2.40. The van der Waals surface area contributed by atoms with Crippen LogP contribution in [0.3, 0.4) is 0 Å². The van der Waals surface area contributed by atoms with E-state index in [-0.39, 0.29) is 0 Å². The molecule has 1 aliphatic heterocycles. The number of aliphatic carboxylic acids is 1. The average molecular weight is 220 g/mol. The molecular formula is C12H16N2O2. The minimum Gasteiger partial charge on any atom is -0.480 e. The monoisotopic (exact) mass is 220 g/mol. The Labute approximate surface area is 94.9 Å². The summed E-state index contributed by atoms with van der Waals surface area (Å²) in [5.74, 6) is -0.770. The normalized spacial score (nSPS) is 19.2. The second-order valence-corrected chi connectivity index (χ2v) is 3.94. The van der Waals surface area contributed by atoms with Crippen LogP contribution in [0.2, 0.25) is 0 Å². The molecule has 4 nitrogen and oxygen atoms in total. The molecular weight excluding hydrogens is 204 g/mol. The fourth-order valence-corrected chi connectivity index (χ4v) is 2.09. The first kappa shape index (κ1) is 11.1. The van der Waals surface area contributed by atoms with Gasteiger partial charge in [-0.1, -0.05) is 30.3 Å². The SMILES string of the molecule is O=C(O)C(c1ccccc1)N1CCNCC1. The summed E-state index contributed by atoms with van der Waals surface area (Å²) in [6.45, 7) is 3.28. The van der Waals surface area contributed by atoms with Gasteiger partial charge in [-0.05, 0) is 5.56 Å². The minimum atomic E-state index is -0.770. The van der Waals surface area contributed by atoms with Crippen molar-refractivity contribution in [1.82, 2.24) is 10.2 Å². The number of hydrogen-bond acceptors (Lipinski definition) is 3. The van der Waals surface area contributed by atoms with Gasteiger partial charge in [-0.3, -0.25) is 9.69 Å². The van der Waals surface area contributed by atoms with Crippen molar-refractivity contribution in [3.05, 3.63) is 35.9 Å². The van der Waals surface area contributed by atoms with Gasteiger partial charge in [0, 0.05) is 26.2 Å². The van der Waals surface area contributed by atoms with Crippen LogP contribution in [0, 0.1) is 0 Å². The number of carbonyl (C=O) groups is 1. The summed E-state index contributed by atoms with van der Waals surface area (Å²) < 4.78 is 0. The Morgan fingerprint density at radius 1 is 1.25 bits per heavy atom. The number of carboxylic acid groups (broad SMARTS) is 1. The highest BCUT2D eigenvalue weighted by Gasteiger charge is 2.27. The van der Waals surface area contributed by atoms with Crippen LogP contribution in [0.25, 0.3) is 0 Å². The Kier molecular flexibility index (Phi) is 3.54. The Morgan fingerprint density at radius 2 is 1.88 bits per heavy atom. The van der Waals surface area contributed by atoms with Crippen LogP contribution in [-0.4, -0.2) is 42.2 Å². The lowest BCUT2D eigenvalue weighted by atomic mass is 10.0. The van der Waals surface area contributed by atoms with Crippen molar-refractivity contribution in [3.63, 3.8) is 0 Å². The van der Waals surface area contributed by atoms with Gasteiger partial charge in [-0.25, -0.2) is 0 Å². The van der Waals surface area contributed by atoms with Crippen LogP contribution < -0.4 is 5.32 Å². The van der Waals surface area contributed by atoms with Gasteiger partial charge in [0.1, 0.15) is 6.04 Å². The zero-order valence-electron chi connectivity index (χ0n) is 9.10. The van der Waals surface area contributed by atoms with Crippen LogP contribution >= 0.6 is 0 Å². The third-order valence-electron chi connectivity index (χ3n) is 2.87. The Morgan fingerprint density at radius 3 is 2.44 bits per heavy atom. The number of hydrogen-bond donors (Lipinski definition) is 2. The maximum Gasteiger partial charge on any atom is 0.325 e. The minimum absolute atomic E-state index is 0.511. The third-order valence-corrected chi connectivity index (χ3v) is 2.87. The maximum absolute atomic E-state index is 11.3. The molecule has 0 aromatic heterocycles. The van der Waals surface area contributed by atoms with E-state index in [2.05, 4.69) is 5.32 Å². The summed E-state index contributed by atoms with van der Waals surface area (Å²) in [4.78, 5) is 13.3. The maximum atomic E-state index is 11.3. The first-order chi connectivity index (χ1) is 7.79. The molecule has 0 bridgehead atoms. The lowest BCUT2D eigenvalue weighted by molar-refractivity contribution is -0.143. The number of benzene rings is 1. The molecule has 1 heterocycles. The summed E-state index contributed by atoms with van der Waals surface area (Å²) in [5, 5.41) is 12.5. The van der Waals surface area contributed by atoms with Gasteiger partial charge < -0.3 is 10.4 Å². The highest BCUT2D eigenvalue weighted by molar-refractivity contribution is 5.75. The van der Waals surface area contributed by atoms with E-state index in [1.165, 1.54) is 0 Å². The van der Waals surface area contributed by atoms with Crippen molar-refractivity contribution < 1.29 is 9.90 Å². The number of piperazine rings is 1. The van der Waals surface area contributed by atoms with Crippen LogP contribution in [-0.2, 0) is 4.79 Å². The highest BCUT2D eigenvalue weighted by atomic mass is 16.4. The van der Waals surface area contributed by atoms with Gasteiger partial charge in [-0.15, -0.1) is 0 Å². The van der Waals surface area contributed by atoms with Gasteiger partial charge in [-0.2, -0.15) is 0 Å². The number of carboxylic acids is 1. The van der Waals surface area contributed by atoms with E-state index in [0.717, 1.165) is 31.7 Å². The predicted molar refractivity (Wildman–Crippen MR) is 61.3 cm³/mol. The highest BCUT2D eigenvalue weighted by Crippen LogP contribution is 2.20. The summed E-state index contributed by atoms with van der Waals surface area (Å²) in [6, 6.07) is 8.91. The van der Waals surface area contributed by atoms with Crippen LogP contribution in [0.1, 0.15) is 11.6 Å². The standard InChI is InChI=1S/C12H16N2O2/c15-12(16)11(10-4-2-1-3-5-10)14-8-6-13-7-9-14/h1-5,11,13H,6-9H2,(H,15,16). The molecule has 1 aliphatic rings. The molecule has 1 aromatic carbocycles. The quantitative estimate of drug-likeness (QED) is 0.788. The van der Waals surface area contributed by atoms with Crippen molar-refractivity contribution >= 4 is 5.97 Å². The molecule has 16 heavy (non-hydrogen) atoms. The first-order valence-electron chi connectivity index (χ1n) is 5.51. The average Bonchev–Trinajstić information content (AvgIpc) is 2.31. The number of nitrogens with one attached hydrogen (secondary N) is 1. The first-order valence-corrected chi connectivity index (χ1v) is 5.51. The Balaban J connectivity index is 2.20. The molecule has 1 atom stereocenters. The molecule has 1 unspecified atom stereocenters. The summed E-state index contributed by atoms with van der Waals surface area (Å²) in [7, 11) is 0. The molecule has 2 N–H and O–H groups in total. The molecule has 1 saturated heterocycles. The van der Waals surface area contributed by atoms with E-state index in [1.54, 1.807) is 0 Å². The van der Waals surface area contributed by atoms with E-state index in [0.29, 0.717) is 0 Å². The number of rotatable bonds is 3. The Bertz CT molecular complexity index is 347.